The van der Waals surface area contributed by atoms with Crippen molar-refractivity contribution in [1.82, 2.24) is 4.98 Å². The van der Waals surface area contributed by atoms with Crippen molar-refractivity contribution in [3.05, 3.63) is 23.8 Å². The summed E-state index contributed by atoms with van der Waals surface area (Å²) in [5.41, 5.74) is 2.33. The summed E-state index contributed by atoms with van der Waals surface area (Å²) in [6, 6.07) is 6.28. The molecule has 0 unspecified atom stereocenters. The number of rotatable bonds is 6. The number of anilines is 1. The first kappa shape index (κ1) is 13.3. The van der Waals surface area contributed by atoms with Crippen LogP contribution in [0.1, 0.15) is 19.4 Å². The molecule has 4 heteroatoms. The Bertz CT molecular complexity index is 507. The second kappa shape index (κ2) is 6.16. The maximum absolute atomic E-state index is 5.53. The lowest BCUT2D eigenvalue weighted by molar-refractivity contribution is 0.118. The van der Waals surface area contributed by atoms with E-state index in [2.05, 4.69) is 49.3 Å². The smallest absolute Gasteiger partial charge is 0.183 e. The molecule has 0 saturated carbocycles. The van der Waals surface area contributed by atoms with Gasteiger partial charge in [-0.05, 0) is 24.5 Å². The molecule has 0 aliphatic rings. The van der Waals surface area contributed by atoms with E-state index in [1.807, 2.05) is 0 Å². The van der Waals surface area contributed by atoms with Crippen LogP contribution in [0.2, 0.25) is 0 Å². The Hall–Kier alpha value is -1.13. The number of thiazole rings is 1. The molecule has 0 aliphatic heterocycles. The van der Waals surface area contributed by atoms with Crippen LogP contribution >= 0.6 is 11.3 Å². The molecule has 1 N–H and O–H groups in total. The average molecular weight is 264 g/mol. The molecule has 0 fully saturated rings. The predicted octanol–water partition coefficient (Wildman–Crippen LogP) is 3.69. The lowest BCUT2D eigenvalue weighted by atomic mass is 10.2. The molecule has 0 aliphatic carbocycles. The van der Waals surface area contributed by atoms with Crippen LogP contribution in [0, 0.1) is 12.8 Å². The van der Waals surface area contributed by atoms with Crippen LogP contribution in [0.5, 0.6) is 0 Å². The summed E-state index contributed by atoms with van der Waals surface area (Å²) in [7, 11) is 0. The van der Waals surface area contributed by atoms with Gasteiger partial charge in [0, 0.05) is 13.2 Å². The molecule has 98 valence electrons. The summed E-state index contributed by atoms with van der Waals surface area (Å²) in [6.45, 7) is 8.77. The summed E-state index contributed by atoms with van der Waals surface area (Å²) in [5.74, 6) is 0.593. The normalized spacial score (nSPS) is 11.3. The van der Waals surface area contributed by atoms with Crippen molar-refractivity contribution in [3.8, 4) is 0 Å². The number of aromatic nitrogens is 1. The molecular weight excluding hydrogens is 244 g/mol. The van der Waals surface area contributed by atoms with E-state index in [1.165, 1.54) is 10.3 Å². The molecule has 0 bridgehead atoms. The molecular formula is C14H20N2OS. The zero-order chi connectivity index (χ0) is 13.0. The Morgan fingerprint density at radius 2 is 2.22 bits per heavy atom. The highest BCUT2D eigenvalue weighted by atomic mass is 32.1. The Labute approximate surface area is 112 Å². The van der Waals surface area contributed by atoms with Gasteiger partial charge in [0.15, 0.2) is 5.13 Å². The lowest BCUT2D eigenvalue weighted by Crippen LogP contribution is -2.11. The SMILES string of the molecule is Cc1cccc2sc(NCCOCC(C)C)nc12. The standard InChI is InChI=1S/C14H20N2OS/c1-10(2)9-17-8-7-15-14-16-13-11(3)5-4-6-12(13)18-14/h4-6,10H,7-9H2,1-3H3,(H,15,16). The molecule has 2 rings (SSSR count). The van der Waals surface area contributed by atoms with Gasteiger partial charge in [-0.2, -0.15) is 0 Å². The minimum absolute atomic E-state index is 0.593. The third-order valence-electron chi connectivity index (χ3n) is 2.59. The molecule has 2 aromatic rings. The zero-order valence-corrected chi connectivity index (χ0v) is 12.0. The van der Waals surface area contributed by atoms with E-state index < -0.39 is 0 Å². The third-order valence-corrected chi connectivity index (χ3v) is 3.57. The number of fused-ring (bicyclic) bond motifs is 1. The van der Waals surface area contributed by atoms with Gasteiger partial charge in [-0.3, -0.25) is 0 Å². The molecule has 0 radical (unpaired) electrons. The Morgan fingerprint density at radius 1 is 1.39 bits per heavy atom. The second-order valence-electron chi connectivity index (χ2n) is 4.84. The first-order chi connectivity index (χ1) is 8.66. The van der Waals surface area contributed by atoms with Crippen LogP contribution in [0.4, 0.5) is 5.13 Å². The van der Waals surface area contributed by atoms with Crippen molar-refractivity contribution in [2.45, 2.75) is 20.8 Å². The van der Waals surface area contributed by atoms with Gasteiger partial charge in [-0.25, -0.2) is 4.98 Å². The quantitative estimate of drug-likeness (QED) is 0.808. The summed E-state index contributed by atoms with van der Waals surface area (Å²) in [4.78, 5) is 4.60. The van der Waals surface area contributed by atoms with E-state index >= 15 is 0 Å². The van der Waals surface area contributed by atoms with Gasteiger partial charge < -0.3 is 10.1 Å². The van der Waals surface area contributed by atoms with Gasteiger partial charge >= 0.3 is 0 Å². The number of benzene rings is 1. The van der Waals surface area contributed by atoms with Gasteiger partial charge in [-0.1, -0.05) is 37.3 Å². The monoisotopic (exact) mass is 264 g/mol. The predicted molar refractivity (Wildman–Crippen MR) is 78.5 cm³/mol. The molecule has 0 atom stereocenters. The van der Waals surface area contributed by atoms with Crippen LogP contribution in [0.3, 0.4) is 0 Å². The number of ether oxygens (including phenoxy) is 1. The van der Waals surface area contributed by atoms with E-state index in [0.717, 1.165) is 30.4 Å². The molecule has 1 heterocycles. The number of nitrogens with one attached hydrogen (secondary N) is 1. The summed E-state index contributed by atoms with van der Waals surface area (Å²) < 4.78 is 6.77. The van der Waals surface area contributed by atoms with Crippen molar-refractivity contribution >= 4 is 26.7 Å². The van der Waals surface area contributed by atoms with Crippen LogP contribution in [0.15, 0.2) is 18.2 Å². The molecule has 18 heavy (non-hydrogen) atoms. The van der Waals surface area contributed by atoms with Crippen molar-refractivity contribution in [3.63, 3.8) is 0 Å². The highest BCUT2D eigenvalue weighted by molar-refractivity contribution is 7.22. The Kier molecular flexibility index (Phi) is 4.55. The molecule has 1 aromatic carbocycles. The van der Waals surface area contributed by atoms with Gasteiger partial charge in [-0.15, -0.1) is 0 Å². The molecule has 0 spiro atoms. The minimum Gasteiger partial charge on any atom is -0.379 e. The van der Waals surface area contributed by atoms with Crippen LogP contribution in [-0.4, -0.2) is 24.7 Å². The fraction of sp³-hybridized carbons (Fsp3) is 0.500. The van der Waals surface area contributed by atoms with Crippen molar-refractivity contribution < 1.29 is 4.74 Å². The van der Waals surface area contributed by atoms with Crippen molar-refractivity contribution in [1.29, 1.82) is 0 Å². The van der Waals surface area contributed by atoms with Crippen LogP contribution in [0.25, 0.3) is 10.2 Å². The summed E-state index contributed by atoms with van der Waals surface area (Å²) in [5, 5.41) is 4.30. The first-order valence-electron chi connectivity index (χ1n) is 6.34. The maximum atomic E-state index is 5.53. The summed E-state index contributed by atoms with van der Waals surface area (Å²) >= 11 is 1.70. The van der Waals surface area contributed by atoms with E-state index in [0.29, 0.717) is 5.92 Å². The average Bonchev–Trinajstić information content (AvgIpc) is 2.72. The van der Waals surface area contributed by atoms with Crippen molar-refractivity contribution in [2.75, 3.05) is 25.1 Å². The molecule has 3 nitrogen and oxygen atoms in total. The highest BCUT2D eigenvalue weighted by Crippen LogP contribution is 2.27. The van der Waals surface area contributed by atoms with Crippen molar-refractivity contribution in [2.24, 2.45) is 5.92 Å². The maximum Gasteiger partial charge on any atom is 0.183 e. The number of nitrogens with zero attached hydrogens (tertiary/aromatic N) is 1. The van der Waals surface area contributed by atoms with Gasteiger partial charge in [0.05, 0.1) is 16.8 Å². The largest absolute Gasteiger partial charge is 0.379 e. The Morgan fingerprint density at radius 3 is 2.94 bits per heavy atom. The number of hydrogen-bond acceptors (Lipinski definition) is 4. The van der Waals surface area contributed by atoms with E-state index in [9.17, 15) is 0 Å². The topological polar surface area (TPSA) is 34.1 Å². The minimum atomic E-state index is 0.593. The first-order valence-corrected chi connectivity index (χ1v) is 7.16. The van der Waals surface area contributed by atoms with Gasteiger partial charge in [0.2, 0.25) is 0 Å². The number of aryl methyl sites for hydroxylation is 1. The summed E-state index contributed by atoms with van der Waals surface area (Å²) in [6.07, 6.45) is 0. The fourth-order valence-electron chi connectivity index (χ4n) is 1.71. The van der Waals surface area contributed by atoms with Gasteiger partial charge in [0.1, 0.15) is 0 Å². The second-order valence-corrected chi connectivity index (χ2v) is 5.87. The van der Waals surface area contributed by atoms with Gasteiger partial charge in [0.25, 0.3) is 0 Å². The molecule has 0 saturated heterocycles. The highest BCUT2D eigenvalue weighted by Gasteiger charge is 2.04. The van der Waals surface area contributed by atoms with Crippen LogP contribution < -0.4 is 5.32 Å². The number of para-hydroxylation sites is 1. The Balaban J connectivity index is 1.87. The van der Waals surface area contributed by atoms with E-state index in [1.54, 1.807) is 11.3 Å². The molecule has 1 aromatic heterocycles. The van der Waals surface area contributed by atoms with E-state index in [-0.39, 0.29) is 0 Å². The zero-order valence-electron chi connectivity index (χ0n) is 11.2. The lowest BCUT2D eigenvalue weighted by Gasteiger charge is -2.06. The van der Waals surface area contributed by atoms with Crippen LogP contribution in [-0.2, 0) is 4.74 Å². The molecule has 0 amide bonds. The number of hydrogen-bond donors (Lipinski definition) is 1. The fourth-order valence-corrected chi connectivity index (χ4v) is 2.68. The van der Waals surface area contributed by atoms with E-state index in [4.69, 9.17) is 4.74 Å². The third kappa shape index (κ3) is 3.43.